The second-order valence-corrected chi connectivity index (χ2v) is 4.73. The number of nitrogens with zero attached hydrogens (tertiary/aromatic N) is 1. The summed E-state index contributed by atoms with van der Waals surface area (Å²) in [5.41, 5.74) is 5.53. The highest BCUT2D eigenvalue weighted by molar-refractivity contribution is 5.76. The zero-order valence-electron chi connectivity index (χ0n) is 11.0. The summed E-state index contributed by atoms with van der Waals surface area (Å²) >= 11 is 0. The first-order chi connectivity index (χ1) is 8.12. The number of rotatable bonds is 6. The summed E-state index contributed by atoms with van der Waals surface area (Å²) in [4.78, 5) is 13.8. The molecular formula is C12H24N2O3. The van der Waals surface area contributed by atoms with Crippen LogP contribution in [0.1, 0.15) is 19.8 Å². The minimum atomic E-state index is -0.00381. The largest absolute Gasteiger partial charge is 0.377 e. The number of carbonyl (C=O) groups is 1. The third kappa shape index (κ3) is 3.94. The van der Waals surface area contributed by atoms with E-state index in [4.69, 9.17) is 15.2 Å². The van der Waals surface area contributed by atoms with Gasteiger partial charge in [0.15, 0.2) is 0 Å². The summed E-state index contributed by atoms with van der Waals surface area (Å²) in [5.74, 6) is 0.574. The molecule has 1 amide bonds. The molecule has 1 rings (SSSR count). The van der Waals surface area contributed by atoms with Crippen LogP contribution >= 0.6 is 0 Å². The Morgan fingerprint density at radius 3 is 2.29 bits per heavy atom. The van der Waals surface area contributed by atoms with Gasteiger partial charge >= 0.3 is 0 Å². The summed E-state index contributed by atoms with van der Waals surface area (Å²) in [6.07, 6.45) is 1.40. The van der Waals surface area contributed by atoms with Crippen LogP contribution in [0.25, 0.3) is 0 Å². The van der Waals surface area contributed by atoms with E-state index < -0.39 is 0 Å². The van der Waals surface area contributed by atoms with E-state index in [-0.39, 0.29) is 18.1 Å². The molecule has 2 N–H and O–H groups in total. The highest BCUT2D eigenvalue weighted by atomic mass is 16.5. The molecule has 17 heavy (non-hydrogen) atoms. The van der Waals surface area contributed by atoms with Crippen LogP contribution in [0.5, 0.6) is 0 Å². The molecule has 5 nitrogen and oxygen atoms in total. The second-order valence-electron chi connectivity index (χ2n) is 4.73. The first-order valence-corrected chi connectivity index (χ1v) is 6.15. The molecule has 0 spiro atoms. The Balaban J connectivity index is 2.38. The molecule has 5 heteroatoms. The Labute approximate surface area is 103 Å². The minimum Gasteiger partial charge on any atom is -0.377 e. The summed E-state index contributed by atoms with van der Waals surface area (Å²) in [5, 5.41) is 0. The highest BCUT2D eigenvalue weighted by Crippen LogP contribution is 2.17. The fourth-order valence-electron chi connectivity index (χ4n) is 2.05. The van der Waals surface area contributed by atoms with Crippen LogP contribution in [0.15, 0.2) is 0 Å². The summed E-state index contributed by atoms with van der Waals surface area (Å²) < 4.78 is 10.6. The molecule has 0 bridgehead atoms. The molecule has 0 aliphatic carbocycles. The van der Waals surface area contributed by atoms with Crippen LogP contribution in [0.4, 0.5) is 0 Å². The van der Waals surface area contributed by atoms with Crippen LogP contribution in [-0.4, -0.2) is 56.9 Å². The van der Waals surface area contributed by atoms with E-state index in [9.17, 15) is 4.79 Å². The smallest absolute Gasteiger partial charge is 0.222 e. The van der Waals surface area contributed by atoms with Crippen molar-refractivity contribution in [1.29, 1.82) is 0 Å². The van der Waals surface area contributed by atoms with E-state index in [0.717, 1.165) is 6.42 Å². The molecule has 0 saturated carbocycles. The average molecular weight is 244 g/mol. The number of likely N-dealkylation sites (tertiary alicyclic amines) is 1. The van der Waals surface area contributed by atoms with Crippen molar-refractivity contribution >= 4 is 5.91 Å². The summed E-state index contributed by atoms with van der Waals surface area (Å²) in [6, 6.07) is 0. The van der Waals surface area contributed by atoms with Gasteiger partial charge in [-0.1, -0.05) is 6.92 Å². The molecule has 0 aromatic carbocycles. The van der Waals surface area contributed by atoms with Gasteiger partial charge in [-0.2, -0.15) is 0 Å². The molecular weight excluding hydrogens is 220 g/mol. The van der Waals surface area contributed by atoms with Crippen molar-refractivity contribution in [2.75, 3.05) is 33.9 Å². The third-order valence-corrected chi connectivity index (χ3v) is 3.43. The zero-order valence-corrected chi connectivity index (χ0v) is 11.0. The third-order valence-electron chi connectivity index (χ3n) is 3.43. The SMILES string of the molecule is COC1CN(C(=O)CCC(C)CN)CC1OC. The summed E-state index contributed by atoms with van der Waals surface area (Å²) in [6.45, 7) is 3.96. The zero-order chi connectivity index (χ0) is 12.8. The Bertz CT molecular complexity index is 236. The summed E-state index contributed by atoms with van der Waals surface area (Å²) in [7, 11) is 3.31. The molecule has 0 radical (unpaired) electrons. The van der Waals surface area contributed by atoms with Gasteiger partial charge in [0, 0.05) is 33.7 Å². The molecule has 1 aliphatic heterocycles. The molecule has 100 valence electrons. The van der Waals surface area contributed by atoms with Gasteiger partial charge in [-0.25, -0.2) is 0 Å². The quantitative estimate of drug-likeness (QED) is 0.726. The predicted molar refractivity (Wildman–Crippen MR) is 65.6 cm³/mol. The lowest BCUT2D eigenvalue weighted by Crippen LogP contribution is -2.30. The molecule has 1 fully saturated rings. The van der Waals surface area contributed by atoms with Crippen LogP contribution in [-0.2, 0) is 14.3 Å². The Hall–Kier alpha value is -0.650. The number of amides is 1. The highest BCUT2D eigenvalue weighted by Gasteiger charge is 2.35. The van der Waals surface area contributed by atoms with E-state index in [2.05, 4.69) is 6.92 Å². The van der Waals surface area contributed by atoms with Gasteiger partial charge in [-0.3, -0.25) is 4.79 Å². The van der Waals surface area contributed by atoms with E-state index in [1.54, 1.807) is 14.2 Å². The fraction of sp³-hybridized carbons (Fsp3) is 0.917. The number of methoxy groups -OCH3 is 2. The lowest BCUT2D eigenvalue weighted by Gasteiger charge is -2.16. The Kier molecular flexibility index (Phi) is 5.88. The first-order valence-electron chi connectivity index (χ1n) is 6.15. The number of hydrogen-bond acceptors (Lipinski definition) is 4. The van der Waals surface area contributed by atoms with Crippen LogP contribution in [0.2, 0.25) is 0 Å². The standard InChI is InChI=1S/C12H24N2O3/c1-9(6-13)4-5-12(15)14-7-10(16-2)11(8-14)17-3/h9-11H,4-8,13H2,1-3H3. The predicted octanol–water partition coefficient (Wildman–Crippen LogP) is 0.234. The second kappa shape index (κ2) is 6.93. The molecule has 1 aliphatic rings. The lowest BCUT2D eigenvalue weighted by molar-refractivity contribution is -0.131. The van der Waals surface area contributed by atoms with Gasteiger partial charge in [0.1, 0.15) is 12.2 Å². The molecule has 3 atom stereocenters. The number of ether oxygens (including phenoxy) is 2. The van der Waals surface area contributed by atoms with Crippen molar-refractivity contribution in [3.05, 3.63) is 0 Å². The van der Waals surface area contributed by atoms with E-state index >= 15 is 0 Å². The maximum Gasteiger partial charge on any atom is 0.222 e. The lowest BCUT2D eigenvalue weighted by atomic mass is 10.1. The topological polar surface area (TPSA) is 64.8 Å². The fourth-order valence-corrected chi connectivity index (χ4v) is 2.05. The van der Waals surface area contributed by atoms with Crippen LogP contribution in [0.3, 0.4) is 0 Å². The molecule has 3 unspecified atom stereocenters. The first kappa shape index (κ1) is 14.4. The van der Waals surface area contributed by atoms with Gasteiger partial charge in [0.25, 0.3) is 0 Å². The van der Waals surface area contributed by atoms with Crippen molar-refractivity contribution in [3.8, 4) is 0 Å². The van der Waals surface area contributed by atoms with Crippen molar-refractivity contribution in [3.63, 3.8) is 0 Å². The molecule has 0 aromatic rings. The van der Waals surface area contributed by atoms with Gasteiger partial charge in [0.05, 0.1) is 0 Å². The van der Waals surface area contributed by atoms with Crippen molar-refractivity contribution in [2.24, 2.45) is 11.7 Å². The van der Waals surface area contributed by atoms with Crippen molar-refractivity contribution in [2.45, 2.75) is 32.0 Å². The van der Waals surface area contributed by atoms with E-state index in [0.29, 0.717) is 32.0 Å². The van der Waals surface area contributed by atoms with E-state index in [1.807, 2.05) is 4.90 Å². The van der Waals surface area contributed by atoms with E-state index in [1.165, 1.54) is 0 Å². The number of hydrogen-bond donors (Lipinski definition) is 1. The number of nitrogens with two attached hydrogens (primary N) is 1. The van der Waals surface area contributed by atoms with Gasteiger partial charge in [-0.15, -0.1) is 0 Å². The molecule has 0 aromatic heterocycles. The van der Waals surface area contributed by atoms with Crippen molar-refractivity contribution < 1.29 is 14.3 Å². The van der Waals surface area contributed by atoms with Gasteiger partial charge < -0.3 is 20.1 Å². The van der Waals surface area contributed by atoms with Gasteiger partial charge in [0.2, 0.25) is 5.91 Å². The monoisotopic (exact) mass is 244 g/mol. The average Bonchev–Trinajstić information content (AvgIpc) is 2.78. The number of carbonyl (C=O) groups excluding carboxylic acids is 1. The maximum atomic E-state index is 12.0. The minimum absolute atomic E-state index is 0.00381. The molecule has 1 heterocycles. The van der Waals surface area contributed by atoms with Crippen LogP contribution < -0.4 is 5.73 Å². The van der Waals surface area contributed by atoms with Crippen molar-refractivity contribution in [1.82, 2.24) is 4.90 Å². The normalized spacial score (nSPS) is 26.2. The Morgan fingerprint density at radius 2 is 1.88 bits per heavy atom. The molecule has 1 saturated heterocycles. The van der Waals surface area contributed by atoms with Gasteiger partial charge in [-0.05, 0) is 18.9 Å². The maximum absolute atomic E-state index is 12.0. The Morgan fingerprint density at radius 1 is 1.35 bits per heavy atom. The van der Waals surface area contributed by atoms with Crippen LogP contribution in [0, 0.1) is 5.92 Å².